The molecule has 3 heterocycles. The Hall–Kier alpha value is -2.74. The van der Waals surface area contributed by atoms with E-state index in [4.69, 9.17) is 9.47 Å². The molecule has 0 aliphatic carbocycles. The molecule has 0 radical (unpaired) electrons. The van der Waals surface area contributed by atoms with Gasteiger partial charge >= 0.3 is 0 Å². The Balaban J connectivity index is 1.70. The van der Waals surface area contributed by atoms with Crippen LogP contribution in [0.5, 0.6) is 5.75 Å². The van der Waals surface area contributed by atoms with Crippen LogP contribution >= 0.6 is 0 Å². The van der Waals surface area contributed by atoms with Crippen LogP contribution in [-0.4, -0.2) is 46.2 Å². The zero-order valence-corrected chi connectivity index (χ0v) is 13.2. The lowest BCUT2D eigenvalue weighted by atomic mass is 10.1. The van der Waals surface area contributed by atoms with Gasteiger partial charge in [-0.15, -0.1) is 0 Å². The highest BCUT2D eigenvalue weighted by Crippen LogP contribution is 2.17. The van der Waals surface area contributed by atoms with Gasteiger partial charge in [0, 0.05) is 24.7 Å². The number of hydrogen-bond donors (Lipinski definition) is 2. The maximum absolute atomic E-state index is 12.3. The van der Waals surface area contributed by atoms with Gasteiger partial charge in [-0.3, -0.25) is 14.6 Å². The SMILES string of the molecule is Cc1ccc(O[C@H]2COCC[C@H]2NC(=O)c2ncc[nH]c2=O)cn1. The van der Waals surface area contributed by atoms with E-state index in [1.807, 2.05) is 19.1 Å². The molecule has 0 saturated carbocycles. The lowest BCUT2D eigenvalue weighted by molar-refractivity contribution is -0.0137. The van der Waals surface area contributed by atoms with E-state index in [0.717, 1.165) is 5.69 Å². The first-order valence-electron chi connectivity index (χ1n) is 7.65. The molecule has 0 aromatic carbocycles. The average Bonchev–Trinajstić information content (AvgIpc) is 2.59. The third kappa shape index (κ3) is 3.77. The second-order valence-corrected chi connectivity index (χ2v) is 5.50. The van der Waals surface area contributed by atoms with E-state index < -0.39 is 11.5 Å². The standard InChI is InChI=1S/C16H18N4O4/c1-10-2-3-11(8-19-10)24-13-9-23-7-4-12(13)20-16(22)14-15(21)18-6-5-17-14/h2-3,5-6,8,12-13H,4,7,9H2,1H3,(H,18,21)(H,20,22)/t12-,13+/m1/s1. The van der Waals surface area contributed by atoms with Crippen LogP contribution in [0, 0.1) is 6.92 Å². The summed E-state index contributed by atoms with van der Waals surface area (Å²) in [7, 11) is 0. The number of H-pyrrole nitrogens is 1. The highest BCUT2D eigenvalue weighted by molar-refractivity contribution is 5.92. The summed E-state index contributed by atoms with van der Waals surface area (Å²) in [6.45, 7) is 2.74. The molecule has 1 aliphatic rings. The van der Waals surface area contributed by atoms with Crippen LogP contribution in [0.25, 0.3) is 0 Å². The number of pyridine rings is 1. The first-order valence-corrected chi connectivity index (χ1v) is 7.65. The number of aromatic nitrogens is 3. The third-order valence-corrected chi connectivity index (χ3v) is 3.72. The largest absolute Gasteiger partial charge is 0.484 e. The summed E-state index contributed by atoms with van der Waals surface area (Å²) in [5.74, 6) is 0.0745. The second-order valence-electron chi connectivity index (χ2n) is 5.50. The molecule has 2 aromatic heterocycles. The first-order chi connectivity index (χ1) is 11.6. The highest BCUT2D eigenvalue weighted by Gasteiger charge is 2.30. The van der Waals surface area contributed by atoms with E-state index in [0.29, 0.717) is 25.4 Å². The molecule has 0 unspecified atom stereocenters. The molecule has 24 heavy (non-hydrogen) atoms. The van der Waals surface area contributed by atoms with Crippen molar-refractivity contribution in [2.45, 2.75) is 25.5 Å². The van der Waals surface area contributed by atoms with Gasteiger partial charge in [-0.25, -0.2) is 4.98 Å². The molecule has 2 atom stereocenters. The van der Waals surface area contributed by atoms with Crippen LogP contribution in [0.4, 0.5) is 0 Å². The molecule has 1 amide bonds. The highest BCUT2D eigenvalue weighted by atomic mass is 16.5. The van der Waals surface area contributed by atoms with Crippen molar-refractivity contribution in [1.29, 1.82) is 0 Å². The van der Waals surface area contributed by atoms with Crippen molar-refractivity contribution in [3.05, 3.63) is 52.5 Å². The van der Waals surface area contributed by atoms with Crippen LogP contribution in [0.3, 0.4) is 0 Å². The number of aromatic amines is 1. The number of hydrogen-bond acceptors (Lipinski definition) is 6. The normalized spacial score (nSPS) is 20.4. The van der Waals surface area contributed by atoms with Gasteiger partial charge in [0.15, 0.2) is 5.69 Å². The predicted octanol–water partition coefficient (Wildman–Crippen LogP) is 0.440. The minimum atomic E-state index is -0.528. The molecule has 126 valence electrons. The quantitative estimate of drug-likeness (QED) is 0.842. The van der Waals surface area contributed by atoms with Crippen LogP contribution in [-0.2, 0) is 4.74 Å². The second kappa shape index (κ2) is 7.22. The van der Waals surface area contributed by atoms with Crippen molar-refractivity contribution in [3.63, 3.8) is 0 Å². The molecule has 1 fully saturated rings. The number of nitrogens with one attached hydrogen (secondary N) is 2. The van der Waals surface area contributed by atoms with E-state index in [9.17, 15) is 9.59 Å². The molecule has 0 bridgehead atoms. The number of carbonyl (C=O) groups is 1. The lowest BCUT2D eigenvalue weighted by Crippen LogP contribution is -2.52. The van der Waals surface area contributed by atoms with Gasteiger partial charge in [-0.2, -0.15) is 0 Å². The molecule has 3 rings (SSSR count). The lowest BCUT2D eigenvalue weighted by Gasteiger charge is -2.32. The van der Waals surface area contributed by atoms with Crippen LogP contribution < -0.4 is 15.6 Å². The van der Waals surface area contributed by atoms with Crippen molar-refractivity contribution >= 4 is 5.91 Å². The minimum absolute atomic E-state index is 0.167. The number of aryl methyl sites for hydroxylation is 1. The van der Waals surface area contributed by atoms with Gasteiger partial charge < -0.3 is 19.8 Å². The van der Waals surface area contributed by atoms with Crippen LogP contribution in [0.2, 0.25) is 0 Å². The summed E-state index contributed by atoms with van der Waals surface area (Å²) in [5, 5.41) is 2.81. The van der Waals surface area contributed by atoms with Gasteiger partial charge in [-0.1, -0.05) is 0 Å². The fourth-order valence-electron chi connectivity index (χ4n) is 2.44. The number of carbonyl (C=O) groups excluding carboxylic acids is 1. The molecule has 1 saturated heterocycles. The van der Waals surface area contributed by atoms with Crippen molar-refractivity contribution in [2.75, 3.05) is 13.2 Å². The summed E-state index contributed by atoms with van der Waals surface area (Å²) in [6.07, 6.45) is 4.60. The van der Waals surface area contributed by atoms with E-state index in [1.165, 1.54) is 12.4 Å². The Labute approximate surface area is 138 Å². The number of ether oxygens (including phenoxy) is 2. The summed E-state index contributed by atoms with van der Waals surface area (Å²) >= 11 is 0. The molecular weight excluding hydrogens is 312 g/mol. The average molecular weight is 330 g/mol. The van der Waals surface area contributed by atoms with Gasteiger partial charge in [0.2, 0.25) is 0 Å². The minimum Gasteiger partial charge on any atom is -0.484 e. The molecule has 2 aromatic rings. The number of amides is 1. The Kier molecular flexibility index (Phi) is 4.85. The van der Waals surface area contributed by atoms with Gasteiger partial charge in [-0.05, 0) is 25.5 Å². The maximum atomic E-state index is 12.3. The van der Waals surface area contributed by atoms with Crippen molar-refractivity contribution in [3.8, 4) is 5.75 Å². The van der Waals surface area contributed by atoms with Gasteiger partial charge in [0.25, 0.3) is 11.5 Å². The molecule has 8 heteroatoms. The zero-order valence-electron chi connectivity index (χ0n) is 13.2. The van der Waals surface area contributed by atoms with E-state index >= 15 is 0 Å². The molecule has 0 spiro atoms. The van der Waals surface area contributed by atoms with E-state index in [2.05, 4.69) is 20.3 Å². The smallest absolute Gasteiger partial charge is 0.279 e. The molecule has 8 nitrogen and oxygen atoms in total. The van der Waals surface area contributed by atoms with E-state index in [-0.39, 0.29) is 17.8 Å². The summed E-state index contributed by atoms with van der Waals surface area (Å²) in [5.41, 5.74) is 0.198. The van der Waals surface area contributed by atoms with Crippen LogP contribution in [0.15, 0.2) is 35.5 Å². The Morgan fingerprint density at radius 1 is 1.42 bits per heavy atom. The Morgan fingerprint density at radius 2 is 2.29 bits per heavy atom. The number of nitrogens with zero attached hydrogens (tertiary/aromatic N) is 2. The van der Waals surface area contributed by atoms with Crippen molar-refractivity contribution < 1.29 is 14.3 Å². The first kappa shape index (κ1) is 16.1. The van der Waals surface area contributed by atoms with E-state index in [1.54, 1.807) is 6.20 Å². The van der Waals surface area contributed by atoms with Gasteiger partial charge in [0.1, 0.15) is 11.9 Å². The summed E-state index contributed by atoms with van der Waals surface area (Å²) in [4.78, 5) is 34.4. The summed E-state index contributed by atoms with van der Waals surface area (Å²) < 4.78 is 11.3. The fraction of sp³-hybridized carbons (Fsp3) is 0.375. The maximum Gasteiger partial charge on any atom is 0.279 e. The monoisotopic (exact) mass is 330 g/mol. The fourth-order valence-corrected chi connectivity index (χ4v) is 2.44. The van der Waals surface area contributed by atoms with Crippen molar-refractivity contribution in [2.24, 2.45) is 0 Å². The van der Waals surface area contributed by atoms with Gasteiger partial charge in [0.05, 0.1) is 18.8 Å². The molecule has 2 N–H and O–H groups in total. The third-order valence-electron chi connectivity index (χ3n) is 3.72. The Bertz CT molecular complexity index is 759. The zero-order chi connectivity index (χ0) is 16.9. The summed E-state index contributed by atoms with van der Waals surface area (Å²) in [6, 6.07) is 3.38. The number of rotatable bonds is 4. The molecular formula is C16H18N4O4. The predicted molar refractivity (Wildman–Crippen MR) is 84.9 cm³/mol. The van der Waals surface area contributed by atoms with Crippen molar-refractivity contribution in [1.82, 2.24) is 20.3 Å². The topological polar surface area (TPSA) is 106 Å². The molecule has 1 aliphatic heterocycles. The van der Waals surface area contributed by atoms with Crippen LogP contribution in [0.1, 0.15) is 22.6 Å². The Morgan fingerprint density at radius 3 is 3.04 bits per heavy atom.